The second-order valence-corrected chi connectivity index (χ2v) is 5.04. The van der Waals surface area contributed by atoms with Crippen molar-refractivity contribution in [2.45, 2.75) is 19.5 Å². The fourth-order valence-electron chi connectivity index (χ4n) is 2.19. The highest BCUT2D eigenvalue weighted by molar-refractivity contribution is 9.10. The van der Waals surface area contributed by atoms with Crippen molar-refractivity contribution in [3.63, 3.8) is 0 Å². The highest BCUT2D eigenvalue weighted by Crippen LogP contribution is 2.31. The molecular weight excluding hydrogens is 306 g/mol. The van der Waals surface area contributed by atoms with Gasteiger partial charge in [0, 0.05) is 17.2 Å². The van der Waals surface area contributed by atoms with Crippen LogP contribution in [0.3, 0.4) is 0 Å². The van der Waals surface area contributed by atoms with E-state index in [9.17, 15) is 0 Å². The normalized spacial score (nSPS) is 12.4. The topological polar surface area (TPSA) is 39.1 Å². The highest BCUT2D eigenvalue weighted by Gasteiger charge is 2.19. The van der Waals surface area contributed by atoms with E-state index in [1.54, 1.807) is 7.11 Å². The largest absolute Gasteiger partial charge is 0.497 e. The smallest absolute Gasteiger partial charge is 0.119 e. The quantitative estimate of drug-likeness (QED) is 0.919. The number of hydrogen-bond donors (Lipinski definition) is 1. The maximum atomic E-state index is 5.31. The van der Waals surface area contributed by atoms with Gasteiger partial charge in [0.2, 0.25) is 0 Å². The number of aryl methyl sites for hydroxylation is 1. The summed E-state index contributed by atoms with van der Waals surface area (Å²) in [7, 11) is 3.63. The van der Waals surface area contributed by atoms with Crippen LogP contribution in [0.5, 0.6) is 5.75 Å². The van der Waals surface area contributed by atoms with Crippen molar-refractivity contribution < 1.29 is 4.74 Å². The van der Waals surface area contributed by atoms with Crippen LogP contribution in [0.25, 0.3) is 0 Å². The molecule has 0 saturated carbocycles. The van der Waals surface area contributed by atoms with Crippen molar-refractivity contribution in [2.75, 3.05) is 14.2 Å². The van der Waals surface area contributed by atoms with Gasteiger partial charge in [0.25, 0.3) is 0 Å². The number of halogens is 1. The van der Waals surface area contributed by atoms with Crippen molar-refractivity contribution >= 4 is 15.9 Å². The zero-order valence-electron chi connectivity index (χ0n) is 11.4. The Hall–Kier alpha value is -1.33. The fraction of sp³-hybridized carbons (Fsp3) is 0.357. The van der Waals surface area contributed by atoms with Crippen LogP contribution in [0.15, 0.2) is 34.9 Å². The summed E-state index contributed by atoms with van der Waals surface area (Å²) in [4.78, 5) is 0. The van der Waals surface area contributed by atoms with Crippen molar-refractivity contribution in [3.05, 3.63) is 46.2 Å². The number of rotatable bonds is 5. The van der Waals surface area contributed by atoms with Gasteiger partial charge in [0.1, 0.15) is 5.75 Å². The molecule has 1 atom stereocenters. The molecule has 1 aromatic heterocycles. The molecule has 2 aromatic rings. The van der Waals surface area contributed by atoms with Crippen LogP contribution in [0.4, 0.5) is 0 Å². The molecule has 0 aliphatic heterocycles. The summed E-state index contributed by atoms with van der Waals surface area (Å²) in [5.41, 5.74) is 2.27. The number of ether oxygens (including phenoxy) is 1. The van der Waals surface area contributed by atoms with Gasteiger partial charge in [-0.2, -0.15) is 5.10 Å². The molecule has 0 saturated heterocycles. The van der Waals surface area contributed by atoms with Gasteiger partial charge < -0.3 is 10.1 Å². The minimum absolute atomic E-state index is 0.0759. The maximum Gasteiger partial charge on any atom is 0.119 e. The van der Waals surface area contributed by atoms with Gasteiger partial charge in [0.05, 0.1) is 18.8 Å². The first-order valence-electron chi connectivity index (χ1n) is 6.23. The zero-order chi connectivity index (χ0) is 13.8. The second kappa shape index (κ2) is 6.21. The summed E-state index contributed by atoms with van der Waals surface area (Å²) in [6, 6.07) is 8.10. The molecule has 0 spiro atoms. The van der Waals surface area contributed by atoms with Crippen LogP contribution >= 0.6 is 15.9 Å². The number of nitrogens with one attached hydrogen (secondary N) is 1. The lowest BCUT2D eigenvalue weighted by Crippen LogP contribution is -2.21. The Balaban J connectivity index is 2.47. The van der Waals surface area contributed by atoms with Gasteiger partial charge in [-0.15, -0.1) is 0 Å². The van der Waals surface area contributed by atoms with Gasteiger partial charge in [0.15, 0.2) is 0 Å². The number of nitrogens with zero attached hydrogens (tertiary/aromatic N) is 2. The standard InChI is InChI=1S/C14H18BrN3O/c1-4-18-13(7-8-17-18)14(16-2)11-9-10(19-3)5-6-12(11)15/h5-9,14,16H,4H2,1-3H3. The molecule has 1 unspecified atom stereocenters. The van der Waals surface area contributed by atoms with Crippen LogP contribution < -0.4 is 10.1 Å². The molecular formula is C14H18BrN3O. The Morgan fingerprint density at radius 3 is 2.84 bits per heavy atom. The summed E-state index contributed by atoms with van der Waals surface area (Å²) in [5, 5.41) is 7.67. The van der Waals surface area contributed by atoms with Crippen molar-refractivity contribution in [1.29, 1.82) is 0 Å². The number of methoxy groups -OCH3 is 1. The lowest BCUT2D eigenvalue weighted by molar-refractivity contribution is 0.413. The Morgan fingerprint density at radius 1 is 1.42 bits per heavy atom. The lowest BCUT2D eigenvalue weighted by Gasteiger charge is -2.20. The first kappa shape index (κ1) is 14.1. The van der Waals surface area contributed by atoms with Crippen LogP contribution in [-0.2, 0) is 6.54 Å². The van der Waals surface area contributed by atoms with Crippen molar-refractivity contribution in [2.24, 2.45) is 0 Å². The molecule has 0 radical (unpaired) electrons. The van der Waals surface area contributed by atoms with E-state index in [0.29, 0.717) is 0 Å². The zero-order valence-corrected chi connectivity index (χ0v) is 12.9. The van der Waals surface area contributed by atoms with Gasteiger partial charge in [-0.05, 0) is 43.8 Å². The van der Waals surface area contributed by atoms with E-state index in [1.807, 2.05) is 42.2 Å². The summed E-state index contributed by atoms with van der Waals surface area (Å²) in [6.45, 7) is 2.94. The molecule has 0 fully saturated rings. The lowest BCUT2D eigenvalue weighted by atomic mass is 10.0. The van der Waals surface area contributed by atoms with E-state index in [4.69, 9.17) is 4.74 Å². The molecule has 1 heterocycles. The van der Waals surface area contributed by atoms with Crippen LogP contribution in [0.1, 0.15) is 24.2 Å². The molecule has 1 aromatic carbocycles. The minimum Gasteiger partial charge on any atom is -0.497 e. The molecule has 1 N–H and O–H groups in total. The van der Waals surface area contributed by atoms with E-state index in [2.05, 4.69) is 33.3 Å². The number of aromatic nitrogens is 2. The van der Waals surface area contributed by atoms with Crippen LogP contribution in [-0.4, -0.2) is 23.9 Å². The van der Waals surface area contributed by atoms with Gasteiger partial charge in [-0.25, -0.2) is 0 Å². The predicted octanol–water partition coefficient (Wildman–Crippen LogP) is 2.98. The molecule has 0 bridgehead atoms. The molecule has 0 amide bonds. The number of hydrogen-bond acceptors (Lipinski definition) is 3. The van der Waals surface area contributed by atoms with E-state index >= 15 is 0 Å². The van der Waals surface area contributed by atoms with Crippen LogP contribution in [0.2, 0.25) is 0 Å². The van der Waals surface area contributed by atoms with E-state index in [0.717, 1.165) is 28.0 Å². The van der Waals surface area contributed by atoms with E-state index < -0.39 is 0 Å². The summed E-state index contributed by atoms with van der Waals surface area (Å²) < 4.78 is 8.35. The average molecular weight is 324 g/mol. The maximum absolute atomic E-state index is 5.31. The van der Waals surface area contributed by atoms with Gasteiger partial charge >= 0.3 is 0 Å². The third-order valence-corrected chi connectivity index (χ3v) is 3.87. The molecule has 19 heavy (non-hydrogen) atoms. The van der Waals surface area contributed by atoms with Gasteiger partial charge in [-0.3, -0.25) is 4.68 Å². The summed E-state index contributed by atoms with van der Waals surface area (Å²) in [6.07, 6.45) is 1.83. The second-order valence-electron chi connectivity index (χ2n) is 4.18. The fourth-order valence-corrected chi connectivity index (χ4v) is 2.66. The Bertz CT molecular complexity index is 553. The average Bonchev–Trinajstić information content (AvgIpc) is 2.90. The SMILES string of the molecule is CCn1nccc1C(NC)c1cc(OC)ccc1Br. The third-order valence-electron chi connectivity index (χ3n) is 3.15. The molecule has 4 nitrogen and oxygen atoms in total. The molecule has 0 aliphatic carbocycles. The van der Waals surface area contributed by atoms with E-state index in [1.165, 1.54) is 0 Å². The summed E-state index contributed by atoms with van der Waals surface area (Å²) >= 11 is 3.61. The van der Waals surface area contributed by atoms with E-state index in [-0.39, 0.29) is 6.04 Å². The monoisotopic (exact) mass is 323 g/mol. The Kier molecular flexibility index (Phi) is 4.61. The van der Waals surface area contributed by atoms with Crippen LogP contribution in [0, 0.1) is 0 Å². The molecule has 5 heteroatoms. The Morgan fingerprint density at radius 2 is 2.21 bits per heavy atom. The number of benzene rings is 1. The summed E-state index contributed by atoms with van der Waals surface area (Å²) in [5.74, 6) is 0.848. The first-order chi connectivity index (χ1) is 9.21. The molecule has 102 valence electrons. The molecule has 2 rings (SSSR count). The van der Waals surface area contributed by atoms with Gasteiger partial charge in [-0.1, -0.05) is 15.9 Å². The van der Waals surface area contributed by atoms with Crippen molar-refractivity contribution in [3.8, 4) is 5.75 Å². The van der Waals surface area contributed by atoms with Crippen molar-refractivity contribution in [1.82, 2.24) is 15.1 Å². The molecule has 0 aliphatic rings. The minimum atomic E-state index is 0.0759. The Labute approximate surface area is 121 Å². The highest BCUT2D eigenvalue weighted by atomic mass is 79.9. The first-order valence-corrected chi connectivity index (χ1v) is 7.03. The third kappa shape index (κ3) is 2.82. The predicted molar refractivity (Wildman–Crippen MR) is 79.5 cm³/mol.